The third kappa shape index (κ3) is 3.22. The van der Waals surface area contributed by atoms with E-state index >= 15 is 0 Å². The summed E-state index contributed by atoms with van der Waals surface area (Å²) in [5.74, 6) is -0.714. The monoisotopic (exact) mass is 253 g/mol. The summed E-state index contributed by atoms with van der Waals surface area (Å²) in [5.41, 5.74) is 11.7. The Bertz CT molecular complexity index is 421. The Balaban J connectivity index is 2.91. The summed E-state index contributed by atoms with van der Waals surface area (Å²) in [7, 11) is 0. The van der Waals surface area contributed by atoms with Crippen molar-refractivity contribution in [2.24, 2.45) is 5.73 Å². The van der Waals surface area contributed by atoms with Crippen molar-refractivity contribution in [1.82, 2.24) is 15.1 Å². The molecule has 0 aliphatic rings. The lowest BCUT2D eigenvalue weighted by molar-refractivity contribution is -0.118. The number of aryl methyl sites for hydroxylation is 1. The average Bonchev–Trinajstić information content (AvgIpc) is 2.63. The first-order valence-corrected chi connectivity index (χ1v) is 5.85. The van der Waals surface area contributed by atoms with Crippen LogP contribution < -0.4 is 11.5 Å². The fourth-order valence-electron chi connectivity index (χ4n) is 1.67. The van der Waals surface area contributed by atoms with Crippen LogP contribution in [0.15, 0.2) is 0 Å². The van der Waals surface area contributed by atoms with E-state index in [0.29, 0.717) is 17.8 Å². The zero-order chi connectivity index (χ0) is 13.7. The van der Waals surface area contributed by atoms with Gasteiger partial charge < -0.3 is 16.4 Å². The van der Waals surface area contributed by atoms with Gasteiger partial charge in [-0.2, -0.15) is 5.10 Å². The van der Waals surface area contributed by atoms with E-state index in [1.807, 2.05) is 6.92 Å². The van der Waals surface area contributed by atoms with Crippen molar-refractivity contribution in [3.8, 4) is 0 Å². The predicted molar refractivity (Wildman–Crippen MR) is 67.7 cm³/mol. The Morgan fingerprint density at radius 1 is 1.44 bits per heavy atom. The maximum Gasteiger partial charge on any atom is 0.259 e. The number of amides is 2. The van der Waals surface area contributed by atoms with Crippen molar-refractivity contribution in [2.75, 3.05) is 18.8 Å². The summed E-state index contributed by atoms with van der Waals surface area (Å²) in [4.78, 5) is 24.7. The standard InChI is InChI=1S/C11H19N5O2/c1-3-4-5-16(6-8(12)17)11(18)9-7(2)14-15-10(9)13/h3-6H2,1-2H3,(H2,12,17)(H3,13,14,15). The highest BCUT2D eigenvalue weighted by atomic mass is 16.2. The zero-order valence-electron chi connectivity index (χ0n) is 10.7. The third-order valence-corrected chi connectivity index (χ3v) is 2.60. The molecule has 2 amide bonds. The zero-order valence-corrected chi connectivity index (χ0v) is 10.7. The number of aromatic nitrogens is 2. The highest BCUT2D eigenvalue weighted by molar-refractivity contribution is 6.00. The van der Waals surface area contributed by atoms with Gasteiger partial charge in [-0.25, -0.2) is 0 Å². The molecule has 0 bridgehead atoms. The van der Waals surface area contributed by atoms with Crippen molar-refractivity contribution in [2.45, 2.75) is 26.7 Å². The largest absolute Gasteiger partial charge is 0.382 e. The van der Waals surface area contributed by atoms with Crippen LogP contribution in [0.3, 0.4) is 0 Å². The van der Waals surface area contributed by atoms with Crippen LogP contribution in [0.25, 0.3) is 0 Å². The summed E-state index contributed by atoms with van der Waals surface area (Å²) in [6, 6.07) is 0. The second kappa shape index (κ2) is 6.04. The number of unbranched alkanes of at least 4 members (excludes halogenated alkanes) is 1. The summed E-state index contributed by atoms with van der Waals surface area (Å²) in [6.07, 6.45) is 1.72. The molecule has 100 valence electrons. The molecule has 18 heavy (non-hydrogen) atoms. The van der Waals surface area contributed by atoms with Gasteiger partial charge in [0.2, 0.25) is 5.91 Å². The van der Waals surface area contributed by atoms with Crippen LogP contribution in [0.1, 0.15) is 35.8 Å². The average molecular weight is 253 g/mol. The first-order valence-electron chi connectivity index (χ1n) is 5.85. The van der Waals surface area contributed by atoms with Crippen LogP contribution in [0, 0.1) is 6.92 Å². The molecule has 1 heterocycles. The molecule has 0 atom stereocenters. The van der Waals surface area contributed by atoms with Gasteiger partial charge in [0.05, 0.1) is 6.54 Å². The molecule has 0 fully saturated rings. The molecular weight excluding hydrogens is 234 g/mol. The van der Waals surface area contributed by atoms with Gasteiger partial charge in [0, 0.05) is 12.2 Å². The molecule has 1 aromatic rings. The lowest BCUT2D eigenvalue weighted by atomic mass is 10.2. The lowest BCUT2D eigenvalue weighted by Crippen LogP contribution is -2.39. The number of carbonyl (C=O) groups is 2. The van der Waals surface area contributed by atoms with Gasteiger partial charge in [-0.1, -0.05) is 13.3 Å². The van der Waals surface area contributed by atoms with E-state index in [1.54, 1.807) is 6.92 Å². The fraction of sp³-hybridized carbons (Fsp3) is 0.545. The van der Waals surface area contributed by atoms with Gasteiger partial charge in [-0.3, -0.25) is 14.7 Å². The number of carbonyl (C=O) groups excluding carboxylic acids is 2. The minimum atomic E-state index is -0.542. The maximum atomic E-state index is 12.3. The van der Waals surface area contributed by atoms with Crippen molar-refractivity contribution in [1.29, 1.82) is 0 Å². The molecule has 0 aliphatic carbocycles. The molecular formula is C11H19N5O2. The number of nitrogen functional groups attached to an aromatic ring is 1. The van der Waals surface area contributed by atoms with Crippen LogP contribution in [0.4, 0.5) is 5.82 Å². The van der Waals surface area contributed by atoms with E-state index in [-0.39, 0.29) is 18.3 Å². The second-order valence-electron chi connectivity index (χ2n) is 4.16. The van der Waals surface area contributed by atoms with Crippen LogP contribution in [-0.2, 0) is 4.79 Å². The molecule has 7 heteroatoms. The predicted octanol–water partition coefficient (Wildman–Crippen LogP) is 0.0279. The summed E-state index contributed by atoms with van der Waals surface area (Å²) < 4.78 is 0. The molecule has 0 aliphatic heterocycles. The normalized spacial score (nSPS) is 10.3. The molecule has 1 aromatic heterocycles. The number of rotatable bonds is 6. The number of anilines is 1. The number of nitrogens with one attached hydrogen (secondary N) is 1. The first kappa shape index (κ1) is 14.0. The van der Waals surface area contributed by atoms with Gasteiger partial charge in [-0.05, 0) is 13.3 Å². The highest BCUT2D eigenvalue weighted by Gasteiger charge is 2.23. The minimum Gasteiger partial charge on any atom is -0.382 e. The van der Waals surface area contributed by atoms with Crippen molar-refractivity contribution in [3.63, 3.8) is 0 Å². The number of nitrogens with two attached hydrogens (primary N) is 2. The molecule has 1 rings (SSSR count). The molecule has 0 aromatic carbocycles. The van der Waals surface area contributed by atoms with Crippen molar-refractivity contribution >= 4 is 17.6 Å². The third-order valence-electron chi connectivity index (χ3n) is 2.60. The number of primary amides is 1. The van der Waals surface area contributed by atoms with Gasteiger partial charge in [0.1, 0.15) is 5.56 Å². The molecule has 7 nitrogen and oxygen atoms in total. The summed E-state index contributed by atoms with van der Waals surface area (Å²) in [5, 5.41) is 6.41. The van der Waals surface area contributed by atoms with Gasteiger partial charge in [0.15, 0.2) is 5.82 Å². The number of aromatic amines is 1. The van der Waals surface area contributed by atoms with Crippen molar-refractivity contribution in [3.05, 3.63) is 11.3 Å². The minimum absolute atomic E-state index is 0.108. The molecule has 0 unspecified atom stereocenters. The van der Waals surface area contributed by atoms with E-state index in [9.17, 15) is 9.59 Å². The topological polar surface area (TPSA) is 118 Å². The van der Waals surface area contributed by atoms with Crippen molar-refractivity contribution < 1.29 is 9.59 Å². The van der Waals surface area contributed by atoms with Crippen LogP contribution >= 0.6 is 0 Å². The fourth-order valence-corrected chi connectivity index (χ4v) is 1.67. The maximum absolute atomic E-state index is 12.3. The molecule has 0 saturated heterocycles. The Morgan fingerprint density at radius 2 is 2.11 bits per heavy atom. The van der Waals surface area contributed by atoms with Gasteiger partial charge >= 0.3 is 0 Å². The van der Waals surface area contributed by atoms with E-state index in [4.69, 9.17) is 11.5 Å². The summed E-state index contributed by atoms with van der Waals surface area (Å²) >= 11 is 0. The molecule has 0 radical (unpaired) electrons. The van der Waals surface area contributed by atoms with Crippen LogP contribution in [-0.4, -0.2) is 40.0 Å². The highest BCUT2D eigenvalue weighted by Crippen LogP contribution is 2.15. The van der Waals surface area contributed by atoms with E-state index in [0.717, 1.165) is 12.8 Å². The smallest absolute Gasteiger partial charge is 0.259 e. The Hall–Kier alpha value is -2.05. The quantitative estimate of drug-likeness (QED) is 0.662. The second-order valence-corrected chi connectivity index (χ2v) is 4.16. The number of hydrogen-bond acceptors (Lipinski definition) is 4. The molecule has 5 N–H and O–H groups in total. The van der Waals surface area contributed by atoms with Crippen LogP contribution in [0.5, 0.6) is 0 Å². The number of nitrogens with zero attached hydrogens (tertiary/aromatic N) is 2. The molecule has 0 saturated carbocycles. The van der Waals surface area contributed by atoms with Gasteiger partial charge in [0.25, 0.3) is 5.91 Å². The molecule has 0 spiro atoms. The number of hydrogen-bond donors (Lipinski definition) is 3. The Labute approximate surface area is 106 Å². The van der Waals surface area contributed by atoms with E-state index in [1.165, 1.54) is 4.90 Å². The Kier molecular flexibility index (Phi) is 4.70. The van der Waals surface area contributed by atoms with Gasteiger partial charge in [-0.15, -0.1) is 0 Å². The summed E-state index contributed by atoms with van der Waals surface area (Å²) in [6.45, 7) is 4.08. The SMILES string of the molecule is CCCCN(CC(N)=O)C(=O)c1c(N)n[nH]c1C. The number of H-pyrrole nitrogens is 1. The first-order chi connectivity index (χ1) is 8.47. The lowest BCUT2D eigenvalue weighted by Gasteiger charge is -2.20. The van der Waals surface area contributed by atoms with E-state index in [2.05, 4.69) is 10.2 Å². The van der Waals surface area contributed by atoms with E-state index < -0.39 is 5.91 Å². The van der Waals surface area contributed by atoms with Crippen LogP contribution in [0.2, 0.25) is 0 Å². The Morgan fingerprint density at radius 3 is 2.56 bits per heavy atom.